The Morgan fingerprint density at radius 3 is 2.75 bits per heavy atom. The highest BCUT2D eigenvalue weighted by molar-refractivity contribution is 5.95. The summed E-state index contributed by atoms with van der Waals surface area (Å²) in [5.41, 5.74) is 5.20. The van der Waals surface area contributed by atoms with Crippen molar-refractivity contribution in [3.05, 3.63) is 29.6 Å². The maximum atomic E-state index is 13.7. The second kappa shape index (κ2) is 5.98. The van der Waals surface area contributed by atoms with Gasteiger partial charge in [0.1, 0.15) is 11.9 Å². The van der Waals surface area contributed by atoms with Crippen molar-refractivity contribution < 1.29 is 23.8 Å². The molecule has 1 saturated heterocycles. The van der Waals surface area contributed by atoms with Gasteiger partial charge in [0, 0.05) is 6.54 Å². The topological polar surface area (TPSA) is 102 Å². The molecular formula is C13H15FN2O4. The molecule has 1 aliphatic heterocycles. The number of ether oxygens (including phenoxy) is 1. The van der Waals surface area contributed by atoms with Crippen LogP contribution in [0.15, 0.2) is 18.2 Å². The first kappa shape index (κ1) is 14.4. The first-order chi connectivity index (χ1) is 9.51. The molecule has 4 N–H and O–H groups in total. The number of carbonyl (C=O) groups excluding carboxylic acids is 1. The maximum absolute atomic E-state index is 13.7. The summed E-state index contributed by atoms with van der Waals surface area (Å²) in [7, 11) is 0. The number of carboxylic acids is 1. The fourth-order valence-electron chi connectivity index (χ4n) is 2.03. The van der Waals surface area contributed by atoms with E-state index in [4.69, 9.17) is 15.6 Å². The smallest absolute Gasteiger partial charge is 0.335 e. The predicted octanol–water partition coefficient (Wildman–Crippen LogP) is 0.969. The Kier molecular flexibility index (Phi) is 4.31. The van der Waals surface area contributed by atoms with Crippen LogP contribution in [0.5, 0.6) is 0 Å². The number of nitrogens with one attached hydrogen (secondary N) is 1. The number of amides is 1. The summed E-state index contributed by atoms with van der Waals surface area (Å²) < 4.78 is 19.1. The molecular weight excluding hydrogens is 267 g/mol. The van der Waals surface area contributed by atoms with E-state index in [1.54, 1.807) is 0 Å². The molecule has 20 heavy (non-hydrogen) atoms. The summed E-state index contributed by atoms with van der Waals surface area (Å²) >= 11 is 0. The van der Waals surface area contributed by atoms with Crippen LogP contribution in [0.25, 0.3) is 0 Å². The Labute approximate surface area is 114 Å². The van der Waals surface area contributed by atoms with Gasteiger partial charge in [0.2, 0.25) is 0 Å². The SMILES string of the molecule is NCC1CCC(C(=O)Nc2ccc(C(=O)O)cc2F)O1. The zero-order valence-corrected chi connectivity index (χ0v) is 10.6. The Balaban J connectivity index is 2.03. The molecule has 0 saturated carbocycles. The Morgan fingerprint density at radius 1 is 1.45 bits per heavy atom. The lowest BCUT2D eigenvalue weighted by Gasteiger charge is -2.13. The highest BCUT2D eigenvalue weighted by atomic mass is 19.1. The normalized spacial score (nSPS) is 21.7. The highest BCUT2D eigenvalue weighted by Crippen LogP contribution is 2.22. The van der Waals surface area contributed by atoms with Crippen LogP contribution in [-0.4, -0.2) is 35.7 Å². The van der Waals surface area contributed by atoms with Gasteiger partial charge >= 0.3 is 5.97 Å². The number of carbonyl (C=O) groups is 2. The number of rotatable bonds is 4. The summed E-state index contributed by atoms with van der Waals surface area (Å²) in [4.78, 5) is 22.6. The van der Waals surface area contributed by atoms with Crippen molar-refractivity contribution in [2.24, 2.45) is 5.73 Å². The van der Waals surface area contributed by atoms with Gasteiger partial charge in [0.25, 0.3) is 5.91 Å². The van der Waals surface area contributed by atoms with E-state index < -0.39 is 23.8 Å². The molecule has 0 bridgehead atoms. The van der Waals surface area contributed by atoms with Crippen LogP contribution in [0, 0.1) is 5.82 Å². The van der Waals surface area contributed by atoms with Crippen LogP contribution in [-0.2, 0) is 9.53 Å². The summed E-state index contributed by atoms with van der Waals surface area (Å²) in [6, 6.07) is 3.29. The van der Waals surface area contributed by atoms with Gasteiger partial charge in [-0.2, -0.15) is 0 Å². The quantitative estimate of drug-likeness (QED) is 0.763. The summed E-state index contributed by atoms with van der Waals surface area (Å²) in [6.45, 7) is 0.339. The molecule has 1 aromatic carbocycles. The monoisotopic (exact) mass is 282 g/mol. The second-order valence-electron chi connectivity index (χ2n) is 4.55. The van der Waals surface area contributed by atoms with Crippen molar-refractivity contribution in [1.29, 1.82) is 0 Å². The summed E-state index contributed by atoms with van der Waals surface area (Å²) in [6.07, 6.45) is 0.421. The lowest BCUT2D eigenvalue weighted by Crippen LogP contribution is -2.30. The third kappa shape index (κ3) is 3.12. The molecule has 1 heterocycles. The van der Waals surface area contributed by atoms with Gasteiger partial charge < -0.3 is 20.9 Å². The van der Waals surface area contributed by atoms with Gasteiger partial charge in [-0.25, -0.2) is 9.18 Å². The number of anilines is 1. The molecule has 1 fully saturated rings. The minimum Gasteiger partial charge on any atom is -0.478 e. The largest absolute Gasteiger partial charge is 0.478 e. The van der Waals surface area contributed by atoms with E-state index in [9.17, 15) is 14.0 Å². The molecule has 2 unspecified atom stereocenters. The molecule has 108 valence electrons. The molecule has 0 radical (unpaired) electrons. The summed E-state index contributed by atoms with van der Waals surface area (Å²) in [5.74, 6) is -2.48. The number of aromatic carboxylic acids is 1. The van der Waals surface area contributed by atoms with E-state index in [2.05, 4.69) is 5.32 Å². The number of benzene rings is 1. The van der Waals surface area contributed by atoms with Gasteiger partial charge in [0.05, 0.1) is 17.4 Å². The van der Waals surface area contributed by atoms with Gasteiger partial charge in [-0.05, 0) is 31.0 Å². The highest BCUT2D eigenvalue weighted by Gasteiger charge is 2.30. The lowest BCUT2D eigenvalue weighted by molar-refractivity contribution is -0.126. The first-order valence-electron chi connectivity index (χ1n) is 6.20. The maximum Gasteiger partial charge on any atom is 0.335 e. The number of halogens is 1. The van der Waals surface area contributed by atoms with Gasteiger partial charge in [-0.15, -0.1) is 0 Å². The first-order valence-corrected chi connectivity index (χ1v) is 6.20. The average Bonchev–Trinajstić information content (AvgIpc) is 2.89. The van der Waals surface area contributed by atoms with Gasteiger partial charge in [-0.1, -0.05) is 0 Å². The van der Waals surface area contributed by atoms with Crippen molar-refractivity contribution in [2.45, 2.75) is 25.0 Å². The molecule has 1 amide bonds. The minimum absolute atomic E-state index is 0.0696. The lowest BCUT2D eigenvalue weighted by atomic mass is 10.1. The third-order valence-corrected chi connectivity index (χ3v) is 3.14. The van der Waals surface area contributed by atoms with Gasteiger partial charge in [0.15, 0.2) is 0 Å². The third-order valence-electron chi connectivity index (χ3n) is 3.14. The van der Waals surface area contributed by atoms with Crippen LogP contribution in [0.2, 0.25) is 0 Å². The van der Waals surface area contributed by atoms with Gasteiger partial charge in [-0.3, -0.25) is 4.79 Å². The Bertz CT molecular complexity index is 535. The predicted molar refractivity (Wildman–Crippen MR) is 68.9 cm³/mol. The van der Waals surface area contributed by atoms with Crippen molar-refractivity contribution in [2.75, 3.05) is 11.9 Å². The van der Waals surface area contributed by atoms with Crippen molar-refractivity contribution in [1.82, 2.24) is 0 Å². The summed E-state index contributed by atoms with van der Waals surface area (Å²) in [5, 5.41) is 11.1. The second-order valence-corrected chi connectivity index (χ2v) is 4.55. The number of hydrogen-bond donors (Lipinski definition) is 3. The van der Waals surface area contributed by atoms with Crippen LogP contribution in [0.3, 0.4) is 0 Å². The van der Waals surface area contributed by atoms with E-state index in [0.29, 0.717) is 19.4 Å². The number of carboxylic acid groups (broad SMARTS) is 1. The minimum atomic E-state index is -1.23. The van der Waals surface area contributed by atoms with Crippen LogP contribution < -0.4 is 11.1 Å². The molecule has 2 atom stereocenters. The molecule has 0 spiro atoms. The number of nitrogens with two attached hydrogens (primary N) is 1. The molecule has 1 aliphatic rings. The van der Waals surface area contributed by atoms with E-state index in [1.165, 1.54) is 12.1 Å². The molecule has 0 aromatic heterocycles. The molecule has 2 rings (SSSR count). The molecule has 1 aromatic rings. The van der Waals surface area contributed by atoms with E-state index in [0.717, 1.165) is 6.07 Å². The van der Waals surface area contributed by atoms with Crippen LogP contribution in [0.4, 0.5) is 10.1 Å². The van der Waals surface area contributed by atoms with E-state index in [1.807, 2.05) is 0 Å². The van der Waals surface area contributed by atoms with Crippen LogP contribution >= 0.6 is 0 Å². The van der Waals surface area contributed by atoms with E-state index >= 15 is 0 Å². The van der Waals surface area contributed by atoms with Crippen LogP contribution in [0.1, 0.15) is 23.2 Å². The molecule has 6 nitrogen and oxygen atoms in total. The average molecular weight is 282 g/mol. The zero-order chi connectivity index (χ0) is 14.7. The zero-order valence-electron chi connectivity index (χ0n) is 10.6. The fraction of sp³-hybridized carbons (Fsp3) is 0.385. The molecule has 0 aliphatic carbocycles. The van der Waals surface area contributed by atoms with Crippen molar-refractivity contribution >= 4 is 17.6 Å². The number of hydrogen-bond acceptors (Lipinski definition) is 4. The van der Waals surface area contributed by atoms with Crippen molar-refractivity contribution in [3.63, 3.8) is 0 Å². The van der Waals surface area contributed by atoms with E-state index in [-0.39, 0.29) is 17.4 Å². The van der Waals surface area contributed by atoms with Crippen molar-refractivity contribution in [3.8, 4) is 0 Å². The molecule has 7 heteroatoms. The Morgan fingerprint density at radius 2 is 2.20 bits per heavy atom. The Hall–Kier alpha value is -1.99. The fourth-order valence-corrected chi connectivity index (χ4v) is 2.03. The standard InChI is InChI=1S/C13H15FN2O4/c14-9-5-7(13(18)19)1-3-10(9)16-12(17)11-4-2-8(6-15)20-11/h1,3,5,8,11H,2,4,6,15H2,(H,16,17)(H,18,19).